The van der Waals surface area contributed by atoms with Crippen molar-refractivity contribution in [3.63, 3.8) is 0 Å². The minimum atomic E-state index is -0.381. The maximum absolute atomic E-state index is 12.8. The Morgan fingerprint density at radius 2 is 2.11 bits per heavy atom. The first kappa shape index (κ1) is 21.4. The largest absolute Gasteiger partial charge is 0.492 e. The quantitative estimate of drug-likeness (QED) is 0.544. The summed E-state index contributed by atoms with van der Waals surface area (Å²) in [5.41, 5.74) is 0.753. The second-order valence-corrected chi connectivity index (χ2v) is 8.99. The van der Waals surface area contributed by atoms with Crippen LogP contribution in [0.25, 0.3) is 0 Å². The number of hydrogen-bond donors (Lipinski definition) is 3. The molecule has 0 aromatic heterocycles. The zero-order valence-corrected chi connectivity index (χ0v) is 17.6. The Morgan fingerprint density at radius 3 is 2.82 bits per heavy atom. The van der Waals surface area contributed by atoms with Crippen LogP contribution in [0.1, 0.15) is 62.2 Å². The highest BCUT2D eigenvalue weighted by Gasteiger charge is 2.39. The maximum atomic E-state index is 12.8. The number of aliphatic hydroxyl groups excluding tert-OH is 1. The van der Waals surface area contributed by atoms with Gasteiger partial charge in [0.1, 0.15) is 12.4 Å². The molecule has 2 aliphatic rings. The van der Waals surface area contributed by atoms with Crippen LogP contribution in [0.15, 0.2) is 18.2 Å². The molecule has 1 atom stereocenters. The molecule has 3 N–H and O–H groups in total. The Hall–Kier alpha value is -1.30. The zero-order chi connectivity index (χ0) is 20.0. The Kier molecular flexibility index (Phi) is 7.61. The predicted molar refractivity (Wildman–Crippen MR) is 112 cm³/mol. The standard InChI is InChI=1S/C22H33ClN2O3/c1-16(26)14-24-10-11-28-18-6-7-20(23)19(12-18)21(27)25-15-22-8-2-4-17(13-22)5-3-9-22/h6-7,12,16-17,24,26H,2-5,8-11,13-15H2,1H3,(H,25,27). The van der Waals surface area contributed by atoms with E-state index in [1.807, 2.05) is 0 Å². The minimum Gasteiger partial charge on any atom is -0.492 e. The molecule has 28 heavy (non-hydrogen) atoms. The number of nitrogens with one attached hydrogen (secondary N) is 2. The Bertz CT molecular complexity index is 655. The third-order valence-electron chi connectivity index (χ3n) is 6.15. The molecule has 0 saturated heterocycles. The number of aliphatic hydroxyl groups is 1. The van der Waals surface area contributed by atoms with Crippen molar-refractivity contribution < 1.29 is 14.6 Å². The number of hydrogen-bond acceptors (Lipinski definition) is 4. The van der Waals surface area contributed by atoms with Gasteiger partial charge in [-0.2, -0.15) is 0 Å². The Morgan fingerprint density at radius 1 is 1.36 bits per heavy atom. The first-order chi connectivity index (χ1) is 13.5. The second-order valence-electron chi connectivity index (χ2n) is 8.58. The molecule has 1 unspecified atom stereocenters. The summed E-state index contributed by atoms with van der Waals surface area (Å²) < 4.78 is 5.71. The summed E-state index contributed by atoms with van der Waals surface area (Å²) in [4.78, 5) is 12.8. The molecule has 0 aliphatic heterocycles. The van der Waals surface area contributed by atoms with E-state index in [4.69, 9.17) is 16.3 Å². The minimum absolute atomic E-state index is 0.121. The van der Waals surface area contributed by atoms with Crippen molar-refractivity contribution in [2.45, 2.75) is 58.0 Å². The highest BCUT2D eigenvalue weighted by Crippen LogP contribution is 2.48. The highest BCUT2D eigenvalue weighted by atomic mass is 35.5. The maximum Gasteiger partial charge on any atom is 0.252 e. The van der Waals surface area contributed by atoms with Gasteiger partial charge in [-0.3, -0.25) is 4.79 Å². The summed E-state index contributed by atoms with van der Waals surface area (Å²) in [6, 6.07) is 5.21. The third kappa shape index (κ3) is 5.85. The van der Waals surface area contributed by atoms with E-state index in [1.54, 1.807) is 25.1 Å². The summed E-state index contributed by atoms with van der Waals surface area (Å²) in [5.74, 6) is 1.36. The fourth-order valence-corrected chi connectivity index (χ4v) is 4.96. The van der Waals surface area contributed by atoms with Crippen LogP contribution in [-0.2, 0) is 0 Å². The van der Waals surface area contributed by atoms with Crippen LogP contribution in [0.4, 0.5) is 0 Å². The van der Waals surface area contributed by atoms with Crippen LogP contribution in [0.5, 0.6) is 5.75 Å². The van der Waals surface area contributed by atoms with Gasteiger partial charge in [-0.25, -0.2) is 0 Å². The third-order valence-corrected chi connectivity index (χ3v) is 6.48. The number of benzene rings is 1. The van der Waals surface area contributed by atoms with Crippen molar-refractivity contribution in [3.8, 4) is 5.75 Å². The van der Waals surface area contributed by atoms with Crippen molar-refractivity contribution in [2.24, 2.45) is 11.3 Å². The van der Waals surface area contributed by atoms with Gasteiger partial charge in [-0.1, -0.05) is 37.3 Å². The molecule has 1 aromatic carbocycles. The first-order valence-electron chi connectivity index (χ1n) is 10.6. The van der Waals surface area contributed by atoms with Crippen LogP contribution in [-0.4, -0.2) is 43.4 Å². The fraction of sp³-hybridized carbons (Fsp3) is 0.682. The molecule has 2 fully saturated rings. The van der Waals surface area contributed by atoms with Gasteiger partial charge in [-0.05, 0) is 55.7 Å². The number of ether oxygens (including phenoxy) is 1. The summed E-state index contributed by atoms with van der Waals surface area (Å²) in [7, 11) is 0. The molecule has 5 nitrogen and oxygen atoms in total. The van der Waals surface area contributed by atoms with E-state index < -0.39 is 0 Å². The molecule has 2 bridgehead atoms. The summed E-state index contributed by atoms with van der Waals surface area (Å²) >= 11 is 6.28. The average Bonchev–Trinajstić information content (AvgIpc) is 2.67. The van der Waals surface area contributed by atoms with Crippen LogP contribution in [0.2, 0.25) is 5.02 Å². The van der Waals surface area contributed by atoms with Crippen LogP contribution in [0.3, 0.4) is 0 Å². The van der Waals surface area contributed by atoms with Crippen LogP contribution >= 0.6 is 11.6 Å². The summed E-state index contributed by atoms with van der Waals surface area (Å²) in [6.07, 6.45) is 8.60. The molecule has 0 heterocycles. The molecule has 1 amide bonds. The molecular weight excluding hydrogens is 376 g/mol. The van der Waals surface area contributed by atoms with E-state index in [0.717, 1.165) is 12.5 Å². The highest BCUT2D eigenvalue weighted by molar-refractivity contribution is 6.33. The monoisotopic (exact) mass is 408 g/mol. The molecule has 1 aromatic rings. The van der Waals surface area contributed by atoms with Crippen LogP contribution < -0.4 is 15.4 Å². The molecule has 6 heteroatoms. The molecular formula is C22H33ClN2O3. The zero-order valence-electron chi connectivity index (χ0n) is 16.8. The van der Waals surface area contributed by atoms with Gasteiger partial charge in [0.25, 0.3) is 5.91 Å². The molecule has 2 aliphatic carbocycles. The molecule has 156 valence electrons. The van der Waals surface area contributed by atoms with E-state index >= 15 is 0 Å². The van der Waals surface area contributed by atoms with E-state index in [1.165, 1.54) is 44.9 Å². The SMILES string of the molecule is CC(O)CNCCOc1ccc(Cl)c(C(=O)NCC23CCCC(CCC2)C3)c1. The number of carbonyl (C=O) groups is 1. The average molecular weight is 409 g/mol. The normalized spacial score (nSPS) is 25.2. The second kappa shape index (κ2) is 9.95. The van der Waals surface area contributed by atoms with E-state index in [9.17, 15) is 9.90 Å². The van der Waals surface area contributed by atoms with Crippen molar-refractivity contribution >= 4 is 17.5 Å². The van der Waals surface area contributed by atoms with Gasteiger partial charge in [0, 0.05) is 19.6 Å². The van der Waals surface area contributed by atoms with Gasteiger partial charge in [0.2, 0.25) is 0 Å². The first-order valence-corrected chi connectivity index (χ1v) is 10.9. The van der Waals surface area contributed by atoms with Crippen molar-refractivity contribution in [2.75, 3.05) is 26.2 Å². The number of halogens is 1. The van der Waals surface area contributed by atoms with E-state index in [-0.39, 0.29) is 17.4 Å². The summed E-state index contributed by atoms with van der Waals surface area (Å²) in [5, 5.41) is 15.9. The lowest BCUT2D eigenvalue weighted by atomic mass is 9.62. The number of fused-ring (bicyclic) bond motifs is 2. The number of rotatable bonds is 9. The Labute approximate surface area is 173 Å². The summed E-state index contributed by atoms with van der Waals surface area (Å²) in [6.45, 7) is 4.09. The van der Waals surface area contributed by atoms with Crippen molar-refractivity contribution in [3.05, 3.63) is 28.8 Å². The van der Waals surface area contributed by atoms with E-state index in [2.05, 4.69) is 10.6 Å². The number of carbonyl (C=O) groups excluding carboxylic acids is 1. The Balaban J connectivity index is 1.52. The van der Waals surface area contributed by atoms with Gasteiger partial charge >= 0.3 is 0 Å². The topological polar surface area (TPSA) is 70.6 Å². The van der Waals surface area contributed by atoms with Crippen molar-refractivity contribution in [1.82, 2.24) is 10.6 Å². The molecule has 0 radical (unpaired) electrons. The number of amides is 1. The molecule has 2 saturated carbocycles. The van der Waals surface area contributed by atoms with E-state index in [0.29, 0.717) is 36.0 Å². The fourth-order valence-electron chi connectivity index (χ4n) is 4.75. The molecule has 3 rings (SSSR count). The lowest BCUT2D eigenvalue weighted by Gasteiger charge is -2.45. The smallest absolute Gasteiger partial charge is 0.252 e. The lowest BCUT2D eigenvalue weighted by Crippen LogP contribution is -2.43. The van der Waals surface area contributed by atoms with Crippen LogP contribution in [0, 0.1) is 11.3 Å². The molecule has 0 spiro atoms. The van der Waals surface area contributed by atoms with Gasteiger partial charge in [0.05, 0.1) is 16.7 Å². The predicted octanol–water partition coefficient (Wildman–Crippen LogP) is 3.78. The lowest BCUT2D eigenvalue weighted by molar-refractivity contribution is 0.0681. The van der Waals surface area contributed by atoms with Gasteiger partial charge in [-0.15, -0.1) is 0 Å². The van der Waals surface area contributed by atoms with Gasteiger partial charge in [0.15, 0.2) is 0 Å². The van der Waals surface area contributed by atoms with Gasteiger partial charge < -0.3 is 20.5 Å². The van der Waals surface area contributed by atoms with Crippen molar-refractivity contribution in [1.29, 1.82) is 0 Å².